The SMILES string of the molecule is C=C/C=C(/C(=O)NCC(=O)N1CCCC1C)C1=CC(OCCCNC(=O)[C@@H](CC(=O)O)NC(=O)[C@@H](CC(=O)O)NC(=O)c2ccc(F)nc2)=CCC1(C)N. The average Bonchev–Trinajstić information content (AvgIpc) is 3.54. The standard InChI is InChI=1S/C36H46FN7O10/c1-4-7-24(33(51)41-20-29(45)44-14-5-8-21(44)2)25-16-23(11-12-36(25,3)38)54-15-6-13-39-34(52)26(17-30(46)47)43-35(53)27(18-31(48)49)42-32(50)22-9-10-28(37)40-19-22/h4,7,9-11,16,19,21,26-27H,1,5-6,8,12-15,17-18,20,38H2,2-3H3,(H,39,52)(H,41,51)(H,42,50)(H,43,53)(H,46,47)(H,48,49)/b24-7+/t21?,26-,27-,36?/m1/s1. The summed E-state index contributed by atoms with van der Waals surface area (Å²) in [6, 6.07) is -1.31. The van der Waals surface area contributed by atoms with Gasteiger partial charge in [-0.15, -0.1) is 0 Å². The Kier molecular flexibility index (Phi) is 15.6. The monoisotopic (exact) mass is 755 g/mol. The number of carboxylic acid groups (broad SMARTS) is 2. The topological polar surface area (TPSA) is 259 Å². The maximum absolute atomic E-state index is 13.3. The number of hydrogen-bond acceptors (Lipinski definition) is 10. The number of allylic oxidation sites excluding steroid dienone is 3. The molecule has 17 nitrogen and oxygen atoms in total. The Balaban J connectivity index is 1.57. The number of hydrogen-bond donors (Lipinski definition) is 7. The lowest BCUT2D eigenvalue weighted by Gasteiger charge is -2.32. The van der Waals surface area contributed by atoms with Crippen LogP contribution in [0, 0.1) is 5.95 Å². The number of halogens is 1. The molecular weight excluding hydrogens is 709 g/mol. The van der Waals surface area contributed by atoms with Gasteiger partial charge in [-0.3, -0.25) is 33.6 Å². The molecule has 1 aliphatic heterocycles. The molecule has 2 aliphatic rings. The Labute approximate surface area is 310 Å². The number of rotatable bonds is 19. The molecule has 1 aromatic heterocycles. The first-order valence-electron chi connectivity index (χ1n) is 17.2. The van der Waals surface area contributed by atoms with Gasteiger partial charge in [-0.05, 0) is 75.5 Å². The van der Waals surface area contributed by atoms with Crippen LogP contribution in [-0.2, 0) is 33.5 Å². The first kappa shape index (κ1) is 42.5. The lowest BCUT2D eigenvalue weighted by molar-refractivity contribution is -0.142. The van der Waals surface area contributed by atoms with Gasteiger partial charge >= 0.3 is 11.9 Å². The number of carboxylic acids is 2. The number of carbonyl (C=O) groups is 7. The molecular formula is C36H46FN7O10. The van der Waals surface area contributed by atoms with E-state index >= 15 is 0 Å². The van der Waals surface area contributed by atoms with Crippen molar-refractivity contribution in [2.24, 2.45) is 5.73 Å². The van der Waals surface area contributed by atoms with E-state index in [4.69, 9.17) is 10.5 Å². The van der Waals surface area contributed by atoms with Crippen molar-refractivity contribution in [3.63, 3.8) is 0 Å². The number of aliphatic carboxylic acids is 2. The fraction of sp³-hybridized carbons (Fsp3) is 0.444. The third-order valence-electron chi connectivity index (χ3n) is 8.61. The highest BCUT2D eigenvalue weighted by Crippen LogP contribution is 2.32. The Morgan fingerprint density at radius 2 is 1.78 bits per heavy atom. The van der Waals surface area contributed by atoms with Crippen LogP contribution in [0.4, 0.5) is 4.39 Å². The third kappa shape index (κ3) is 12.6. The van der Waals surface area contributed by atoms with Crippen LogP contribution < -0.4 is 27.0 Å². The molecule has 4 atom stereocenters. The Morgan fingerprint density at radius 3 is 2.37 bits per heavy atom. The fourth-order valence-corrected chi connectivity index (χ4v) is 5.73. The van der Waals surface area contributed by atoms with E-state index in [9.17, 15) is 48.2 Å². The lowest BCUT2D eigenvalue weighted by atomic mass is 9.80. The van der Waals surface area contributed by atoms with Gasteiger partial charge in [0.1, 0.15) is 17.8 Å². The van der Waals surface area contributed by atoms with E-state index in [-0.39, 0.29) is 49.2 Å². The molecule has 0 spiro atoms. The van der Waals surface area contributed by atoms with Crippen molar-refractivity contribution < 1.29 is 52.9 Å². The molecule has 0 bridgehead atoms. The first-order valence-corrected chi connectivity index (χ1v) is 17.2. The van der Waals surface area contributed by atoms with E-state index < -0.39 is 72.0 Å². The smallest absolute Gasteiger partial charge is 0.305 e. The second kappa shape index (κ2) is 19.8. The highest BCUT2D eigenvalue weighted by atomic mass is 19.1. The van der Waals surface area contributed by atoms with Gasteiger partial charge in [0.2, 0.25) is 23.7 Å². The summed E-state index contributed by atoms with van der Waals surface area (Å²) in [5.74, 6) is -7.08. The zero-order valence-corrected chi connectivity index (χ0v) is 30.1. The summed E-state index contributed by atoms with van der Waals surface area (Å²) >= 11 is 0. The van der Waals surface area contributed by atoms with Crippen molar-refractivity contribution in [2.75, 3.05) is 26.2 Å². The van der Waals surface area contributed by atoms with E-state index in [1.54, 1.807) is 24.0 Å². The van der Waals surface area contributed by atoms with Crippen molar-refractivity contribution in [2.45, 2.75) is 76.0 Å². The van der Waals surface area contributed by atoms with Crippen LogP contribution >= 0.6 is 0 Å². The number of nitrogens with one attached hydrogen (secondary N) is 4. The number of ether oxygens (including phenoxy) is 1. The molecule has 3 rings (SSSR count). The number of carbonyl (C=O) groups excluding carboxylic acids is 5. The van der Waals surface area contributed by atoms with Crippen LogP contribution in [0.5, 0.6) is 0 Å². The molecule has 0 aromatic carbocycles. The van der Waals surface area contributed by atoms with Crippen LogP contribution in [0.1, 0.15) is 62.7 Å². The molecule has 1 fully saturated rings. The number of pyridine rings is 1. The molecule has 292 valence electrons. The summed E-state index contributed by atoms with van der Waals surface area (Å²) in [5, 5.41) is 28.1. The van der Waals surface area contributed by atoms with E-state index in [2.05, 4.69) is 32.8 Å². The number of nitrogens with two attached hydrogens (primary N) is 1. The summed E-state index contributed by atoms with van der Waals surface area (Å²) in [4.78, 5) is 92.3. The van der Waals surface area contributed by atoms with Crippen LogP contribution in [0.15, 0.2) is 66.1 Å². The van der Waals surface area contributed by atoms with Gasteiger partial charge in [-0.1, -0.05) is 12.7 Å². The summed E-state index contributed by atoms with van der Waals surface area (Å²) < 4.78 is 19.0. The molecule has 54 heavy (non-hydrogen) atoms. The van der Waals surface area contributed by atoms with Crippen molar-refractivity contribution in [3.05, 3.63) is 77.6 Å². The summed E-state index contributed by atoms with van der Waals surface area (Å²) in [5.41, 5.74) is 6.07. The van der Waals surface area contributed by atoms with E-state index in [1.165, 1.54) is 12.2 Å². The minimum absolute atomic E-state index is 0.0240. The van der Waals surface area contributed by atoms with Crippen LogP contribution in [0.25, 0.3) is 0 Å². The van der Waals surface area contributed by atoms with Crippen molar-refractivity contribution in [1.82, 2.24) is 31.2 Å². The fourth-order valence-electron chi connectivity index (χ4n) is 5.73. The number of amides is 5. The van der Waals surface area contributed by atoms with Crippen LogP contribution in [0.3, 0.4) is 0 Å². The average molecular weight is 756 g/mol. The quantitative estimate of drug-likeness (QED) is 0.0440. The van der Waals surface area contributed by atoms with Gasteiger partial charge in [0.05, 0.1) is 31.6 Å². The molecule has 2 heterocycles. The second-order valence-electron chi connectivity index (χ2n) is 13.0. The molecule has 1 aliphatic carbocycles. The minimum atomic E-state index is -1.72. The maximum Gasteiger partial charge on any atom is 0.305 e. The van der Waals surface area contributed by atoms with Crippen molar-refractivity contribution in [1.29, 1.82) is 0 Å². The molecule has 1 aromatic rings. The zero-order valence-electron chi connectivity index (χ0n) is 30.1. The highest BCUT2D eigenvalue weighted by molar-refractivity contribution is 6.01. The van der Waals surface area contributed by atoms with E-state index in [0.29, 0.717) is 24.3 Å². The normalized spacial score (nSPS) is 19.3. The van der Waals surface area contributed by atoms with Gasteiger partial charge in [-0.2, -0.15) is 4.39 Å². The lowest BCUT2D eigenvalue weighted by Crippen LogP contribution is -2.55. The van der Waals surface area contributed by atoms with Crippen molar-refractivity contribution in [3.8, 4) is 0 Å². The molecule has 2 unspecified atom stereocenters. The van der Waals surface area contributed by atoms with E-state index in [1.807, 2.05) is 6.92 Å². The summed E-state index contributed by atoms with van der Waals surface area (Å²) in [7, 11) is 0. The zero-order chi connectivity index (χ0) is 40.0. The number of aromatic nitrogens is 1. The first-order chi connectivity index (χ1) is 25.5. The Hall–Kier alpha value is -5.91. The van der Waals surface area contributed by atoms with Crippen molar-refractivity contribution >= 4 is 41.5 Å². The predicted molar refractivity (Wildman–Crippen MR) is 191 cm³/mol. The second-order valence-corrected chi connectivity index (χ2v) is 13.0. The van der Waals surface area contributed by atoms with Gasteiger partial charge < -0.3 is 46.9 Å². The van der Waals surface area contributed by atoms with Crippen LogP contribution in [0.2, 0.25) is 0 Å². The van der Waals surface area contributed by atoms with Gasteiger partial charge in [0.25, 0.3) is 11.8 Å². The predicted octanol–water partition coefficient (Wildman–Crippen LogP) is 0.447. The molecule has 0 saturated carbocycles. The van der Waals surface area contributed by atoms with Gasteiger partial charge in [0.15, 0.2) is 0 Å². The Bertz CT molecular complexity index is 1710. The highest BCUT2D eigenvalue weighted by Gasteiger charge is 2.33. The molecule has 0 radical (unpaired) electrons. The summed E-state index contributed by atoms with van der Waals surface area (Å²) in [6.45, 7) is 7.91. The maximum atomic E-state index is 13.3. The van der Waals surface area contributed by atoms with Gasteiger partial charge in [0, 0.05) is 36.4 Å². The van der Waals surface area contributed by atoms with Gasteiger partial charge in [-0.25, -0.2) is 4.98 Å². The third-order valence-corrected chi connectivity index (χ3v) is 8.61. The van der Waals surface area contributed by atoms with Crippen LogP contribution in [-0.4, -0.2) is 111 Å². The number of nitrogens with zero attached hydrogens (tertiary/aromatic N) is 2. The molecule has 8 N–H and O–H groups in total. The summed E-state index contributed by atoms with van der Waals surface area (Å²) in [6.07, 6.45) is 7.72. The molecule has 18 heteroatoms. The largest absolute Gasteiger partial charge is 0.494 e. The molecule has 1 saturated heterocycles. The minimum Gasteiger partial charge on any atom is -0.494 e. The van der Waals surface area contributed by atoms with E-state index in [0.717, 1.165) is 31.2 Å². The number of likely N-dealkylation sites (tertiary alicyclic amines) is 1. The Morgan fingerprint density at radius 1 is 1.09 bits per heavy atom. The molecule has 5 amide bonds.